The molecule has 2 aromatic carbocycles. The third-order valence-corrected chi connectivity index (χ3v) is 7.89. The molecule has 0 radical (unpaired) electrons. The lowest BCUT2D eigenvalue weighted by atomic mass is 10.2. The van der Waals surface area contributed by atoms with Gasteiger partial charge in [-0.05, 0) is 55.5 Å². The highest BCUT2D eigenvalue weighted by molar-refractivity contribution is 7.93. The van der Waals surface area contributed by atoms with Gasteiger partial charge in [-0.1, -0.05) is 11.3 Å². The molecule has 1 saturated heterocycles. The molecule has 1 amide bonds. The normalized spacial score (nSPS) is 14.3. The lowest BCUT2D eigenvalue weighted by molar-refractivity contribution is 0.0750. The molecule has 8 nitrogen and oxygen atoms in total. The van der Waals surface area contributed by atoms with E-state index in [4.69, 9.17) is 4.74 Å². The van der Waals surface area contributed by atoms with Crippen molar-refractivity contribution in [2.24, 2.45) is 0 Å². The molecular weight excluding hydrogens is 467 g/mol. The van der Waals surface area contributed by atoms with Gasteiger partial charge in [-0.2, -0.15) is 0 Å². The van der Waals surface area contributed by atoms with E-state index in [2.05, 4.69) is 14.6 Å². The third-order valence-electron chi connectivity index (χ3n) is 5.34. The number of amides is 1. The Morgan fingerprint density at radius 1 is 1.06 bits per heavy atom. The van der Waals surface area contributed by atoms with Gasteiger partial charge in [0.15, 0.2) is 5.13 Å². The molecule has 0 bridgehead atoms. The first-order valence-corrected chi connectivity index (χ1v) is 12.5. The lowest BCUT2D eigenvalue weighted by Gasteiger charge is -2.36. The lowest BCUT2D eigenvalue weighted by Crippen LogP contribution is -2.48. The second kappa shape index (κ2) is 9.36. The van der Waals surface area contributed by atoms with E-state index in [0.29, 0.717) is 36.8 Å². The van der Waals surface area contributed by atoms with Crippen LogP contribution in [0.1, 0.15) is 15.4 Å². The zero-order chi connectivity index (χ0) is 23.6. The topological polar surface area (TPSA) is 91.8 Å². The van der Waals surface area contributed by atoms with Crippen molar-refractivity contribution in [1.82, 2.24) is 9.88 Å². The van der Waals surface area contributed by atoms with Crippen molar-refractivity contribution in [3.05, 3.63) is 64.9 Å². The Labute approximate surface area is 195 Å². The highest BCUT2D eigenvalue weighted by Gasteiger charge is 2.27. The van der Waals surface area contributed by atoms with E-state index in [1.165, 1.54) is 12.1 Å². The molecule has 33 heavy (non-hydrogen) atoms. The van der Waals surface area contributed by atoms with Crippen LogP contribution >= 0.6 is 11.3 Å². The molecule has 1 N–H and O–H groups in total. The van der Waals surface area contributed by atoms with Crippen LogP contribution in [-0.4, -0.2) is 57.5 Å². The molecule has 0 atom stereocenters. The van der Waals surface area contributed by atoms with Gasteiger partial charge in [0.1, 0.15) is 16.4 Å². The SMILES string of the molecule is COc1ccc(N2CCN(C(=O)c3sc(NS(=O)(=O)c4ccc(F)cc4)nc3C)CC2)cc1. The second-order valence-corrected chi connectivity index (χ2v) is 10.2. The number of halogens is 1. The van der Waals surface area contributed by atoms with Gasteiger partial charge in [-0.3, -0.25) is 9.52 Å². The fraction of sp³-hybridized carbons (Fsp3) is 0.273. The molecule has 0 aliphatic carbocycles. The monoisotopic (exact) mass is 490 g/mol. The Balaban J connectivity index is 1.41. The summed E-state index contributed by atoms with van der Waals surface area (Å²) in [5.41, 5.74) is 1.52. The van der Waals surface area contributed by atoms with Crippen LogP contribution < -0.4 is 14.4 Å². The van der Waals surface area contributed by atoms with Crippen molar-refractivity contribution >= 4 is 38.1 Å². The molecule has 0 unspecified atom stereocenters. The van der Waals surface area contributed by atoms with Gasteiger partial charge < -0.3 is 14.5 Å². The van der Waals surface area contributed by atoms with E-state index in [-0.39, 0.29) is 15.9 Å². The van der Waals surface area contributed by atoms with E-state index in [9.17, 15) is 17.6 Å². The number of ether oxygens (including phenoxy) is 1. The van der Waals surface area contributed by atoms with Crippen LogP contribution in [0.25, 0.3) is 0 Å². The number of carbonyl (C=O) groups is 1. The Bertz CT molecular complexity index is 1240. The molecule has 4 rings (SSSR count). The third kappa shape index (κ3) is 5.09. The molecule has 0 spiro atoms. The van der Waals surface area contributed by atoms with Gasteiger partial charge in [0.2, 0.25) is 0 Å². The first kappa shape index (κ1) is 23.0. The quantitative estimate of drug-likeness (QED) is 0.570. The summed E-state index contributed by atoms with van der Waals surface area (Å²) in [5.74, 6) is 0.0877. The fourth-order valence-electron chi connectivity index (χ4n) is 3.53. The van der Waals surface area contributed by atoms with Crippen LogP contribution in [-0.2, 0) is 10.0 Å². The predicted octanol–water partition coefficient (Wildman–Crippen LogP) is 3.36. The Kier molecular flexibility index (Phi) is 6.52. The standard InChI is InChI=1S/C22H23FN4O4S2/c1-15-20(32-22(24-15)25-33(29,30)19-9-3-16(23)4-10-19)21(28)27-13-11-26(12-14-27)17-5-7-18(31-2)8-6-17/h3-10H,11-14H2,1-2H3,(H,24,25). The van der Waals surface area contributed by atoms with E-state index in [0.717, 1.165) is 34.9 Å². The summed E-state index contributed by atoms with van der Waals surface area (Å²) in [5, 5.41) is 0.0945. The van der Waals surface area contributed by atoms with Crippen molar-refractivity contribution in [1.29, 1.82) is 0 Å². The summed E-state index contributed by atoms with van der Waals surface area (Å²) in [4.78, 5) is 21.6. The first-order chi connectivity index (χ1) is 15.8. The van der Waals surface area contributed by atoms with Crippen molar-refractivity contribution in [3.8, 4) is 5.75 Å². The molecule has 1 fully saturated rings. The first-order valence-electron chi connectivity index (χ1n) is 10.2. The zero-order valence-corrected chi connectivity index (χ0v) is 19.7. The van der Waals surface area contributed by atoms with Crippen LogP contribution in [0.5, 0.6) is 5.75 Å². The number of methoxy groups -OCH3 is 1. The van der Waals surface area contributed by atoms with Crippen LogP contribution in [0.3, 0.4) is 0 Å². The minimum atomic E-state index is -3.94. The Morgan fingerprint density at radius 2 is 1.70 bits per heavy atom. The number of carbonyl (C=O) groups excluding carboxylic acids is 1. The number of sulfonamides is 1. The largest absolute Gasteiger partial charge is 0.497 e. The minimum absolute atomic E-state index is 0.0840. The number of benzene rings is 2. The van der Waals surface area contributed by atoms with Crippen LogP contribution in [0, 0.1) is 12.7 Å². The summed E-state index contributed by atoms with van der Waals surface area (Å²) >= 11 is 0.993. The number of hydrogen-bond acceptors (Lipinski definition) is 7. The molecular formula is C22H23FN4O4S2. The maximum absolute atomic E-state index is 13.1. The smallest absolute Gasteiger partial charge is 0.266 e. The number of aryl methyl sites for hydroxylation is 1. The number of nitrogens with zero attached hydrogens (tertiary/aromatic N) is 3. The molecule has 1 aromatic heterocycles. The minimum Gasteiger partial charge on any atom is -0.497 e. The fourth-order valence-corrected chi connectivity index (χ4v) is 5.70. The van der Waals surface area contributed by atoms with Gasteiger partial charge in [0, 0.05) is 31.9 Å². The number of hydrogen-bond donors (Lipinski definition) is 1. The van der Waals surface area contributed by atoms with Crippen LogP contribution in [0.15, 0.2) is 53.4 Å². The second-order valence-electron chi connectivity index (χ2n) is 7.47. The average Bonchev–Trinajstić information content (AvgIpc) is 3.18. The van der Waals surface area contributed by atoms with Crippen LogP contribution in [0.4, 0.5) is 15.2 Å². The van der Waals surface area contributed by atoms with E-state index < -0.39 is 15.8 Å². The average molecular weight is 491 g/mol. The molecule has 0 saturated carbocycles. The predicted molar refractivity (Wildman–Crippen MR) is 125 cm³/mol. The number of nitrogens with one attached hydrogen (secondary N) is 1. The molecule has 1 aliphatic heterocycles. The van der Waals surface area contributed by atoms with Gasteiger partial charge in [-0.15, -0.1) is 0 Å². The summed E-state index contributed by atoms with van der Waals surface area (Å²) in [6, 6.07) is 12.3. The van der Waals surface area contributed by atoms with Crippen molar-refractivity contribution < 1.29 is 22.3 Å². The zero-order valence-electron chi connectivity index (χ0n) is 18.1. The number of piperazine rings is 1. The molecule has 2 heterocycles. The van der Waals surface area contributed by atoms with Gasteiger partial charge in [0.25, 0.3) is 15.9 Å². The van der Waals surface area contributed by atoms with Gasteiger partial charge in [-0.25, -0.2) is 17.8 Å². The molecule has 3 aromatic rings. The number of aromatic nitrogens is 1. The van der Waals surface area contributed by atoms with E-state index >= 15 is 0 Å². The summed E-state index contributed by atoms with van der Waals surface area (Å²) in [6.07, 6.45) is 0. The summed E-state index contributed by atoms with van der Waals surface area (Å²) in [7, 11) is -2.31. The maximum atomic E-state index is 13.1. The Morgan fingerprint density at radius 3 is 2.30 bits per heavy atom. The van der Waals surface area contributed by atoms with Crippen molar-refractivity contribution in [3.63, 3.8) is 0 Å². The summed E-state index contributed by atoms with van der Waals surface area (Å²) < 4.78 is 45.8. The van der Waals surface area contributed by atoms with Gasteiger partial charge in [0.05, 0.1) is 17.7 Å². The number of thiazole rings is 1. The summed E-state index contributed by atoms with van der Waals surface area (Å²) in [6.45, 7) is 4.12. The highest BCUT2D eigenvalue weighted by Crippen LogP contribution is 2.27. The molecule has 1 aliphatic rings. The highest BCUT2D eigenvalue weighted by atomic mass is 32.2. The van der Waals surface area contributed by atoms with Crippen LogP contribution in [0.2, 0.25) is 0 Å². The van der Waals surface area contributed by atoms with E-state index in [1.54, 1.807) is 18.9 Å². The number of anilines is 2. The number of rotatable bonds is 6. The van der Waals surface area contributed by atoms with Crippen molar-refractivity contribution in [2.45, 2.75) is 11.8 Å². The maximum Gasteiger partial charge on any atom is 0.266 e. The molecule has 11 heteroatoms. The Hall–Kier alpha value is -3.18. The van der Waals surface area contributed by atoms with Gasteiger partial charge >= 0.3 is 0 Å². The molecule has 174 valence electrons. The van der Waals surface area contributed by atoms with E-state index in [1.807, 2.05) is 24.3 Å². The van der Waals surface area contributed by atoms with Crippen molar-refractivity contribution in [2.75, 3.05) is 42.9 Å².